The molecule has 1 saturated heterocycles. The van der Waals surface area contributed by atoms with Crippen LogP contribution in [0.4, 0.5) is 4.39 Å². The van der Waals surface area contributed by atoms with Crippen molar-refractivity contribution in [1.29, 1.82) is 0 Å². The number of rotatable bonds is 5. The van der Waals surface area contributed by atoms with Crippen LogP contribution in [0.5, 0.6) is 0 Å². The lowest BCUT2D eigenvalue weighted by atomic mass is 9.96. The SMILES string of the molecule is O=C(NCC1CCN(Cc2ccccc2)CC1)c1c(F)cccc1Cl. The highest BCUT2D eigenvalue weighted by molar-refractivity contribution is 6.33. The second-order valence-electron chi connectivity index (χ2n) is 6.51. The second kappa shape index (κ2) is 8.45. The van der Waals surface area contributed by atoms with Gasteiger partial charge in [0.1, 0.15) is 5.82 Å². The number of carbonyl (C=O) groups excluding carboxylic acids is 1. The summed E-state index contributed by atoms with van der Waals surface area (Å²) in [5.41, 5.74) is 1.26. The van der Waals surface area contributed by atoms with Crippen LogP contribution >= 0.6 is 11.6 Å². The van der Waals surface area contributed by atoms with Gasteiger partial charge in [-0.15, -0.1) is 0 Å². The molecule has 2 aromatic carbocycles. The summed E-state index contributed by atoms with van der Waals surface area (Å²) in [4.78, 5) is 14.6. The van der Waals surface area contributed by atoms with Crippen molar-refractivity contribution in [3.05, 3.63) is 70.5 Å². The summed E-state index contributed by atoms with van der Waals surface area (Å²) in [6.45, 7) is 3.54. The molecular weight excluding hydrogens is 339 g/mol. The average molecular weight is 361 g/mol. The van der Waals surface area contributed by atoms with Gasteiger partial charge in [-0.2, -0.15) is 0 Å². The van der Waals surface area contributed by atoms with Gasteiger partial charge in [0.15, 0.2) is 0 Å². The molecule has 132 valence electrons. The van der Waals surface area contributed by atoms with Gasteiger partial charge in [0.2, 0.25) is 0 Å². The molecule has 1 amide bonds. The molecule has 0 aliphatic carbocycles. The van der Waals surface area contributed by atoms with Gasteiger partial charge >= 0.3 is 0 Å². The molecule has 5 heteroatoms. The van der Waals surface area contributed by atoms with Gasteiger partial charge in [-0.05, 0) is 49.5 Å². The van der Waals surface area contributed by atoms with E-state index in [9.17, 15) is 9.18 Å². The van der Waals surface area contributed by atoms with Crippen LogP contribution in [0.25, 0.3) is 0 Å². The number of piperidine rings is 1. The largest absolute Gasteiger partial charge is 0.352 e. The van der Waals surface area contributed by atoms with E-state index >= 15 is 0 Å². The van der Waals surface area contributed by atoms with Crippen molar-refractivity contribution in [3.63, 3.8) is 0 Å². The highest BCUT2D eigenvalue weighted by Crippen LogP contribution is 2.21. The van der Waals surface area contributed by atoms with Gasteiger partial charge in [-0.25, -0.2) is 4.39 Å². The minimum atomic E-state index is -0.581. The van der Waals surface area contributed by atoms with E-state index in [0.717, 1.165) is 32.5 Å². The van der Waals surface area contributed by atoms with E-state index in [0.29, 0.717) is 12.5 Å². The van der Waals surface area contributed by atoms with Crippen molar-refractivity contribution in [3.8, 4) is 0 Å². The molecule has 1 N–H and O–H groups in total. The quantitative estimate of drug-likeness (QED) is 0.869. The third-order valence-electron chi connectivity index (χ3n) is 4.70. The number of hydrogen-bond donors (Lipinski definition) is 1. The normalized spacial score (nSPS) is 15.9. The van der Waals surface area contributed by atoms with E-state index in [-0.39, 0.29) is 10.6 Å². The van der Waals surface area contributed by atoms with E-state index in [4.69, 9.17) is 11.6 Å². The molecule has 0 aromatic heterocycles. The first-order chi connectivity index (χ1) is 12.1. The molecule has 1 aliphatic heterocycles. The molecule has 0 radical (unpaired) electrons. The Labute approximate surface area is 152 Å². The molecule has 2 aromatic rings. The molecule has 0 spiro atoms. The fourth-order valence-electron chi connectivity index (χ4n) is 3.23. The maximum absolute atomic E-state index is 13.8. The maximum Gasteiger partial charge on any atom is 0.255 e. The summed E-state index contributed by atoms with van der Waals surface area (Å²) >= 11 is 5.93. The maximum atomic E-state index is 13.8. The summed E-state index contributed by atoms with van der Waals surface area (Å²) in [6, 6.07) is 14.7. The molecule has 0 bridgehead atoms. The standard InChI is InChI=1S/C20H22ClFN2O/c21-17-7-4-8-18(22)19(17)20(25)23-13-15-9-11-24(12-10-15)14-16-5-2-1-3-6-16/h1-8,15H,9-14H2,(H,23,25). The van der Waals surface area contributed by atoms with Gasteiger partial charge in [-0.1, -0.05) is 48.0 Å². The molecule has 1 fully saturated rings. The number of likely N-dealkylation sites (tertiary alicyclic amines) is 1. The van der Waals surface area contributed by atoms with E-state index in [1.165, 1.54) is 23.8 Å². The van der Waals surface area contributed by atoms with Crippen LogP contribution < -0.4 is 5.32 Å². The first-order valence-electron chi connectivity index (χ1n) is 8.62. The average Bonchev–Trinajstić information content (AvgIpc) is 2.62. The number of benzene rings is 2. The number of nitrogens with one attached hydrogen (secondary N) is 1. The lowest BCUT2D eigenvalue weighted by Gasteiger charge is -2.32. The van der Waals surface area contributed by atoms with Crippen LogP contribution in [0, 0.1) is 11.7 Å². The molecule has 0 unspecified atom stereocenters. The molecule has 1 heterocycles. The van der Waals surface area contributed by atoms with Crippen molar-refractivity contribution in [1.82, 2.24) is 10.2 Å². The zero-order valence-corrected chi connectivity index (χ0v) is 14.8. The Hall–Kier alpha value is -1.91. The summed E-state index contributed by atoms with van der Waals surface area (Å²) in [5, 5.41) is 2.98. The third kappa shape index (κ3) is 4.80. The van der Waals surface area contributed by atoms with E-state index < -0.39 is 11.7 Å². The molecular formula is C20H22ClFN2O. The van der Waals surface area contributed by atoms with Crippen LogP contribution in [0.3, 0.4) is 0 Å². The Bertz CT molecular complexity index is 695. The fraction of sp³-hybridized carbons (Fsp3) is 0.350. The Balaban J connectivity index is 1.46. The van der Waals surface area contributed by atoms with Crippen LogP contribution in [-0.4, -0.2) is 30.4 Å². The van der Waals surface area contributed by atoms with Gasteiger partial charge < -0.3 is 5.32 Å². The zero-order valence-electron chi connectivity index (χ0n) is 14.1. The first kappa shape index (κ1) is 17.9. The van der Waals surface area contributed by atoms with Crippen molar-refractivity contribution < 1.29 is 9.18 Å². The van der Waals surface area contributed by atoms with Crippen molar-refractivity contribution in [2.75, 3.05) is 19.6 Å². The lowest BCUT2D eigenvalue weighted by Crippen LogP contribution is -2.38. The Morgan fingerprint density at radius 1 is 1.12 bits per heavy atom. The second-order valence-corrected chi connectivity index (χ2v) is 6.92. The van der Waals surface area contributed by atoms with E-state index in [2.05, 4.69) is 34.5 Å². The van der Waals surface area contributed by atoms with Crippen molar-refractivity contribution in [2.45, 2.75) is 19.4 Å². The predicted octanol–water partition coefficient (Wildman–Crippen LogP) is 4.12. The van der Waals surface area contributed by atoms with Gasteiger partial charge in [0, 0.05) is 13.1 Å². The van der Waals surface area contributed by atoms with Gasteiger partial charge in [0.05, 0.1) is 10.6 Å². The van der Waals surface area contributed by atoms with E-state index in [1.54, 1.807) is 0 Å². The van der Waals surface area contributed by atoms with Gasteiger partial charge in [-0.3, -0.25) is 9.69 Å². The number of halogens is 2. The molecule has 0 atom stereocenters. The monoisotopic (exact) mass is 360 g/mol. The smallest absolute Gasteiger partial charge is 0.255 e. The van der Waals surface area contributed by atoms with Crippen LogP contribution in [-0.2, 0) is 6.54 Å². The zero-order chi connectivity index (χ0) is 17.6. The third-order valence-corrected chi connectivity index (χ3v) is 5.01. The number of nitrogens with zero attached hydrogens (tertiary/aromatic N) is 1. The van der Waals surface area contributed by atoms with Crippen LogP contribution in [0.2, 0.25) is 5.02 Å². The summed E-state index contributed by atoms with van der Waals surface area (Å²) < 4.78 is 13.8. The summed E-state index contributed by atoms with van der Waals surface area (Å²) in [6.07, 6.45) is 2.05. The predicted molar refractivity (Wildman–Crippen MR) is 98.2 cm³/mol. The lowest BCUT2D eigenvalue weighted by molar-refractivity contribution is 0.0931. The molecule has 3 nitrogen and oxygen atoms in total. The molecule has 3 rings (SSSR count). The van der Waals surface area contributed by atoms with Gasteiger partial charge in [0.25, 0.3) is 5.91 Å². The number of carbonyl (C=O) groups is 1. The Morgan fingerprint density at radius 3 is 2.52 bits per heavy atom. The molecule has 0 saturated carbocycles. The summed E-state index contributed by atoms with van der Waals surface area (Å²) in [5.74, 6) is -0.598. The number of hydrogen-bond acceptors (Lipinski definition) is 2. The topological polar surface area (TPSA) is 32.3 Å². The highest BCUT2D eigenvalue weighted by Gasteiger charge is 2.21. The fourth-order valence-corrected chi connectivity index (χ4v) is 3.48. The number of amides is 1. The molecule has 25 heavy (non-hydrogen) atoms. The summed E-state index contributed by atoms with van der Waals surface area (Å²) in [7, 11) is 0. The Kier molecular flexibility index (Phi) is 6.05. The first-order valence-corrected chi connectivity index (χ1v) is 9.00. The minimum absolute atomic E-state index is 0.0642. The minimum Gasteiger partial charge on any atom is -0.352 e. The van der Waals surface area contributed by atoms with E-state index in [1.807, 2.05) is 6.07 Å². The highest BCUT2D eigenvalue weighted by atomic mass is 35.5. The molecule has 1 aliphatic rings. The van der Waals surface area contributed by atoms with Crippen LogP contribution in [0.1, 0.15) is 28.8 Å². The Morgan fingerprint density at radius 2 is 1.84 bits per heavy atom. The van der Waals surface area contributed by atoms with Crippen molar-refractivity contribution in [2.24, 2.45) is 5.92 Å². The van der Waals surface area contributed by atoms with Crippen LogP contribution in [0.15, 0.2) is 48.5 Å². The van der Waals surface area contributed by atoms with Crippen molar-refractivity contribution >= 4 is 17.5 Å².